The monoisotopic (exact) mass is 367 g/mol. The maximum atomic E-state index is 12.1. The van der Waals surface area contributed by atoms with Crippen molar-refractivity contribution in [2.75, 3.05) is 19.6 Å². The highest BCUT2D eigenvalue weighted by Crippen LogP contribution is 2.17. The lowest BCUT2D eigenvalue weighted by Crippen LogP contribution is -2.42. The second kappa shape index (κ2) is 10.4. The Balaban J connectivity index is 0.00000312. The van der Waals surface area contributed by atoms with Crippen LogP contribution in [0, 0.1) is 0 Å². The van der Waals surface area contributed by atoms with E-state index in [4.69, 9.17) is 5.73 Å². The summed E-state index contributed by atoms with van der Waals surface area (Å²) in [6, 6.07) is 7.96. The summed E-state index contributed by atoms with van der Waals surface area (Å²) in [5, 5.41) is 2.85. The first-order chi connectivity index (χ1) is 11.5. The molecule has 3 N–H and O–H groups in total. The van der Waals surface area contributed by atoms with Crippen molar-refractivity contribution in [3.63, 3.8) is 0 Å². The van der Waals surface area contributed by atoms with Crippen LogP contribution in [0.3, 0.4) is 0 Å². The van der Waals surface area contributed by atoms with Crippen LogP contribution in [-0.4, -0.2) is 36.3 Å². The first-order valence-corrected chi connectivity index (χ1v) is 8.87. The number of halogens is 1. The van der Waals surface area contributed by atoms with Crippen molar-refractivity contribution in [1.82, 2.24) is 10.2 Å². The molecule has 1 aromatic rings. The average molecular weight is 368 g/mol. The Hall–Kier alpha value is -1.59. The fraction of sp³-hybridized carbons (Fsp3) is 0.579. The Morgan fingerprint density at radius 2 is 1.80 bits per heavy atom. The van der Waals surface area contributed by atoms with Crippen molar-refractivity contribution in [1.29, 1.82) is 0 Å². The van der Waals surface area contributed by atoms with Crippen LogP contribution < -0.4 is 11.1 Å². The van der Waals surface area contributed by atoms with Gasteiger partial charge in [-0.25, -0.2) is 0 Å². The fourth-order valence-corrected chi connectivity index (χ4v) is 2.90. The quantitative estimate of drug-likeness (QED) is 0.811. The van der Waals surface area contributed by atoms with Gasteiger partial charge in [0, 0.05) is 25.6 Å². The van der Waals surface area contributed by atoms with Crippen molar-refractivity contribution in [2.45, 2.75) is 51.5 Å². The molecule has 0 aromatic heterocycles. The minimum atomic E-state index is -0.241. The molecule has 1 aromatic carbocycles. The molecule has 1 aliphatic heterocycles. The molecule has 6 heteroatoms. The number of hydrogen-bond acceptors (Lipinski definition) is 3. The van der Waals surface area contributed by atoms with Crippen LogP contribution >= 0.6 is 12.4 Å². The van der Waals surface area contributed by atoms with E-state index in [1.165, 1.54) is 5.56 Å². The third kappa shape index (κ3) is 6.67. The van der Waals surface area contributed by atoms with E-state index in [2.05, 4.69) is 31.3 Å². The van der Waals surface area contributed by atoms with E-state index in [1.807, 2.05) is 12.1 Å². The maximum absolute atomic E-state index is 12.1. The number of benzene rings is 1. The smallest absolute Gasteiger partial charge is 0.239 e. The van der Waals surface area contributed by atoms with Gasteiger partial charge in [0.25, 0.3) is 0 Å². The Bertz CT molecular complexity index is 560. The predicted octanol–water partition coefficient (Wildman–Crippen LogP) is 2.75. The summed E-state index contributed by atoms with van der Waals surface area (Å²) in [5.74, 6) is 0.428. The van der Waals surface area contributed by atoms with Crippen LogP contribution in [0.5, 0.6) is 0 Å². The Labute approximate surface area is 156 Å². The summed E-state index contributed by atoms with van der Waals surface area (Å²) < 4.78 is 0. The largest absolute Gasteiger partial charge is 0.353 e. The summed E-state index contributed by atoms with van der Waals surface area (Å²) >= 11 is 0. The number of rotatable bonds is 6. The average Bonchev–Trinajstić information content (AvgIpc) is 2.77. The van der Waals surface area contributed by atoms with E-state index in [0.717, 1.165) is 24.8 Å². The second-order valence-electron chi connectivity index (χ2n) is 6.86. The highest BCUT2D eigenvalue weighted by Gasteiger charge is 2.19. The molecule has 1 aliphatic rings. The van der Waals surface area contributed by atoms with Gasteiger partial charge in [-0.1, -0.05) is 44.5 Å². The zero-order valence-corrected chi connectivity index (χ0v) is 16.0. The normalized spacial score (nSPS) is 16.2. The van der Waals surface area contributed by atoms with Crippen LogP contribution in [0.25, 0.3) is 0 Å². The Morgan fingerprint density at radius 3 is 2.44 bits per heavy atom. The Morgan fingerprint density at radius 1 is 1.16 bits per heavy atom. The van der Waals surface area contributed by atoms with Crippen molar-refractivity contribution in [2.24, 2.45) is 5.73 Å². The SMILES string of the molecule is CC(C)c1ccc(C(N)CNC(=O)CN2CCCCCC2=O)cc1.Cl. The molecule has 140 valence electrons. The van der Waals surface area contributed by atoms with Crippen molar-refractivity contribution in [3.8, 4) is 0 Å². The van der Waals surface area contributed by atoms with Gasteiger partial charge in [0.2, 0.25) is 11.8 Å². The van der Waals surface area contributed by atoms with Gasteiger partial charge in [-0.3, -0.25) is 9.59 Å². The number of likely N-dealkylation sites (tertiary alicyclic amines) is 1. The summed E-state index contributed by atoms with van der Waals surface area (Å²) in [5.41, 5.74) is 8.44. The Kier molecular flexibility index (Phi) is 8.93. The fourth-order valence-electron chi connectivity index (χ4n) is 2.90. The molecule has 0 saturated carbocycles. The molecule has 1 atom stereocenters. The van der Waals surface area contributed by atoms with Gasteiger partial charge in [0.05, 0.1) is 6.54 Å². The molecule has 1 heterocycles. The van der Waals surface area contributed by atoms with Gasteiger partial charge < -0.3 is 16.0 Å². The molecule has 1 unspecified atom stereocenters. The molecule has 5 nitrogen and oxygen atoms in total. The highest BCUT2D eigenvalue weighted by atomic mass is 35.5. The third-order valence-corrected chi connectivity index (χ3v) is 4.56. The van der Waals surface area contributed by atoms with Gasteiger partial charge in [-0.05, 0) is 29.9 Å². The lowest BCUT2D eigenvalue weighted by atomic mass is 9.99. The minimum Gasteiger partial charge on any atom is -0.353 e. The van der Waals surface area contributed by atoms with E-state index in [9.17, 15) is 9.59 Å². The molecule has 0 bridgehead atoms. The maximum Gasteiger partial charge on any atom is 0.239 e. The van der Waals surface area contributed by atoms with Gasteiger partial charge in [0.15, 0.2) is 0 Å². The van der Waals surface area contributed by atoms with Crippen LogP contribution in [-0.2, 0) is 9.59 Å². The second-order valence-corrected chi connectivity index (χ2v) is 6.86. The molecule has 0 spiro atoms. The molecule has 0 aliphatic carbocycles. The van der Waals surface area contributed by atoms with Gasteiger partial charge >= 0.3 is 0 Å². The van der Waals surface area contributed by atoms with Crippen molar-refractivity contribution < 1.29 is 9.59 Å². The first-order valence-electron chi connectivity index (χ1n) is 8.87. The molecule has 1 fully saturated rings. The number of carbonyl (C=O) groups excluding carboxylic acids is 2. The minimum absolute atomic E-state index is 0. The molecular weight excluding hydrogens is 338 g/mol. The van der Waals surface area contributed by atoms with Crippen molar-refractivity contribution in [3.05, 3.63) is 35.4 Å². The van der Waals surface area contributed by atoms with E-state index in [1.54, 1.807) is 4.90 Å². The molecular formula is C19H30ClN3O2. The number of nitrogens with two attached hydrogens (primary N) is 1. The molecule has 2 amide bonds. The summed E-state index contributed by atoms with van der Waals surface area (Å²) in [4.78, 5) is 25.7. The lowest BCUT2D eigenvalue weighted by molar-refractivity contribution is -0.135. The van der Waals surface area contributed by atoms with Crippen LogP contribution in [0.15, 0.2) is 24.3 Å². The van der Waals surface area contributed by atoms with E-state index < -0.39 is 0 Å². The van der Waals surface area contributed by atoms with Gasteiger partial charge in [-0.15, -0.1) is 12.4 Å². The number of carbonyl (C=O) groups is 2. The zero-order chi connectivity index (χ0) is 17.5. The van der Waals surface area contributed by atoms with E-state index in [0.29, 0.717) is 25.4 Å². The molecule has 1 saturated heterocycles. The van der Waals surface area contributed by atoms with Crippen LogP contribution in [0.1, 0.15) is 62.6 Å². The summed E-state index contributed by atoms with van der Waals surface area (Å²) in [7, 11) is 0. The summed E-state index contributed by atoms with van der Waals surface area (Å²) in [6.07, 6.45) is 3.50. The highest BCUT2D eigenvalue weighted by molar-refractivity contribution is 5.85. The number of amides is 2. The number of nitrogens with zero attached hydrogens (tertiary/aromatic N) is 1. The predicted molar refractivity (Wildman–Crippen MR) is 103 cm³/mol. The number of hydrogen-bond donors (Lipinski definition) is 2. The van der Waals surface area contributed by atoms with Gasteiger partial charge in [0.1, 0.15) is 0 Å². The van der Waals surface area contributed by atoms with Crippen molar-refractivity contribution >= 4 is 24.2 Å². The molecule has 25 heavy (non-hydrogen) atoms. The molecule has 2 rings (SSSR count). The number of nitrogens with one attached hydrogen (secondary N) is 1. The lowest BCUT2D eigenvalue weighted by Gasteiger charge is -2.21. The van der Waals surface area contributed by atoms with E-state index in [-0.39, 0.29) is 36.8 Å². The zero-order valence-electron chi connectivity index (χ0n) is 15.2. The first kappa shape index (κ1) is 21.5. The summed E-state index contributed by atoms with van der Waals surface area (Å²) in [6.45, 7) is 5.49. The van der Waals surface area contributed by atoms with E-state index >= 15 is 0 Å². The van der Waals surface area contributed by atoms with Gasteiger partial charge in [-0.2, -0.15) is 0 Å². The standard InChI is InChI=1S/C19H29N3O2.ClH/c1-14(2)15-7-9-16(10-8-15)17(20)12-21-18(23)13-22-11-5-3-4-6-19(22)24;/h7-10,14,17H,3-6,11-13,20H2,1-2H3,(H,21,23);1H. The molecule has 0 radical (unpaired) electrons. The van der Waals surface area contributed by atoms with Crippen LogP contribution in [0.2, 0.25) is 0 Å². The third-order valence-electron chi connectivity index (χ3n) is 4.56. The van der Waals surface area contributed by atoms with Crippen LogP contribution in [0.4, 0.5) is 0 Å². The topological polar surface area (TPSA) is 75.4 Å².